The molecule has 0 aliphatic carbocycles. The number of pyridine rings is 1. The molecule has 0 spiro atoms. The number of hydrogen-bond acceptors (Lipinski definition) is 8. The zero-order valence-electron chi connectivity index (χ0n) is 21.9. The van der Waals surface area contributed by atoms with Crippen molar-refractivity contribution in [2.24, 2.45) is 0 Å². The number of anilines is 1. The third-order valence-corrected chi connectivity index (χ3v) is 7.41. The predicted molar refractivity (Wildman–Crippen MR) is 153 cm³/mol. The number of fused-ring (bicyclic) bond motifs is 2. The summed E-state index contributed by atoms with van der Waals surface area (Å²) in [6.07, 6.45) is 6.24. The van der Waals surface area contributed by atoms with Crippen LogP contribution in [-0.2, 0) is 27.6 Å². The number of benzene rings is 2. The summed E-state index contributed by atoms with van der Waals surface area (Å²) in [5.41, 5.74) is 5.53. The van der Waals surface area contributed by atoms with Crippen molar-refractivity contribution in [1.29, 1.82) is 0 Å². The summed E-state index contributed by atoms with van der Waals surface area (Å²) in [7, 11) is -3.65. The van der Waals surface area contributed by atoms with Gasteiger partial charge in [-0.15, -0.1) is 0 Å². The van der Waals surface area contributed by atoms with E-state index in [1.807, 2.05) is 33.5 Å². The van der Waals surface area contributed by atoms with E-state index < -0.39 is 15.9 Å². The van der Waals surface area contributed by atoms with Crippen molar-refractivity contribution in [3.63, 3.8) is 0 Å². The van der Waals surface area contributed by atoms with Crippen molar-refractivity contribution < 1.29 is 17.9 Å². The number of carbonyl (C=O) groups excluding carboxylic acids is 1. The highest BCUT2D eigenvalue weighted by atomic mass is 32.2. The third kappa shape index (κ3) is 5.51. The molecule has 0 bridgehead atoms. The van der Waals surface area contributed by atoms with E-state index in [1.54, 1.807) is 30.5 Å². The molecule has 10 nitrogen and oxygen atoms in total. The van der Waals surface area contributed by atoms with Crippen molar-refractivity contribution in [2.75, 3.05) is 37.5 Å². The minimum atomic E-state index is -3.65. The molecule has 1 saturated heterocycles. The van der Waals surface area contributed by atoms with Crippen LogP contribution in [-0.4, -0.2) is 66.2 Å². The molecule has 40 heavy (non-hydrogen) atoms. The van der Waals surface area contributed by atoms with Crippen molar-refractivity contribution >= 4 is 38.3 Å². The van der Waals surface area contributed by atoms with E-state index in [9.17, 15) is 13.2 Å². The normalized spacial score (nSPS) is 14.1. The van der Waals surface area contributed by atoms with Gasteiger partial charge in [-0.05, 0) is 37.1 Å². The van der Waals surface area contributed by atoms with Crippen LogP contribution in [0.3, 0.4) is 0 Å². The van der Waals surface area contributed by atoms with Gasteiger partial charge in [0.2, 0.25) is 10.0 Å². The maximum absolute atomic E-state index is 12.3. The van der Waals surface area contributed by atoms with Crippen LogP contribution in [0.15, 0.2) is 73.1 Å². The first-order chi connectivity index (χ1) is 19.3. The summed E-state index contributed by atoms with van der Waals surface area (Å²) in [6.45, 7) is 2.73. The Labute approximate surface area is 231 Å². The van der Waals surface area contributed by atoms with Crippen LogP contribution in [0.2, 0.25) is 0 Å². The number of imidazole rings is 1. The Morgan fingerprint density at radius 3 is 2.48 bits per heavy atom. The molecule has 1 aliphatic rings. The van der Waals surface area contributed by atoms with E-state index in [2.05, 4.69) is 23.1 Å². The van der Waals surface area contributed by atoms with Gasteiger partial charge < -0.3 is 9.64 Å². The van der Waals surface area contributed by atoms with Crippen molar-refractivity contribution in [2.45, 2.75) is 12.8 Å². The van der Waals surface area contributed by atoms with Gasteiger partial charge in [0.1, 0.15) is 0 Å². The van der Waals surface area contributed by atoms with Gasteiger partial charge in [0.15, 0.2) is 11.5 Å². The first-order valence-corrected chi connectivity index (χ1v) is 14.9. The lowest BCUT2D eigenvalue weighted by Gasteiger charge is -2.28. The number of ether oxygens (including phenoxy) is 1. The average molecular weight is 557 g/mol. The predicted octanol–water partition coefficient (Wildman–Crippen LogP) is 3.26. The number of carbonyl (C=O) groups is 1. The van der Waals surface area contributed by atoms with E-state index in [-0.39, 0.29) is 5.56 Å². The molecule has 1 amide bonds. The molecular formula is C29H28N6O4S. The summed E-state index contributed by atoms with van der Waals surface area (Å²) in [6, 6.07) is 19.0. The number of aromatic nitrogens is 4. The number of amides is 1. The Balaban J connectivity index is 1.33. The molecule has 0 radical (unpaired) electrons. The molecule has 0 unspecified atom stereocenters. The third-order valence-electron chi connectivity index (χ3n) is 6.85. The van der Waals surface area contributed by atoms with Crippen LogP contribution >= 0.6 is 0 Å². The first kappa shape index (κ1) is 25.9. The SMILES string of the molecule is CS(=O)(=O)NC(=O)c1ccc(-c2cnc(N3CCOCC3)c3nc(CCc4ccc5ccccc5n4)cn23)cc1. The van der Waals surface area contributed by atoms with Gasteiger partial charge in [-0.3, -0.25) is 14.2 Å². The summed E-state index contributed by atoms with van der Waals surface area (Å²) in [5.74, 6) is 0.124. The highest BCUT2D eigenvalue weighted by Crippen LogP contribution is 2.27. The quantitative estimate of drug-likeness (QED) is 0.325. The van der Waals surface area contributed by atoms with Crippen molar-refractivity contribution in [3.8, 4) is 11.3 Å². The van der Waals surface area contributed by atoms with Crippen molar-refractivity contribution in [1.82, 2.24) is 24.1 Å². The fourth-order valence-corrected chi connectivity index (χ4v) is 5.32. The molecule has 0 atom stereocenters. The number of para-hydroxylation sites is 1. The fourth-order valence-electron chi connectivity index (χ4n) is 4.87. The molecule has 11 heteroatoms. The van der Waals surface area contributed by atoms with Gasteiger partial charge in [0.05, 0.1) is 42.6 Å². The Bertz CT molecular complexity index is 1810. The van der Waals surface area contributed by atoms with E-state index in [4.69, 9.17) is 19.7 Å². The molecule has 1 N–H and O–H groups in total. The number of rotatable bonds is 7. The van der Waals surface area contributed by atoms with Crippen LogP contribution in [0, 0.1) is 0 Å². The molecule has 5 aromatic rings. The second-order valence-corrected chi connectivity index (χ2v) is 11.5. The second-order valence-electron chi connectivity index (χ2n) is 9.77. The van der Waals surface area contributed by atoms with E-state index in [0.717, 1.165) is 70.8 Å². The lowest BCUT2D eigenvalue weighted by molar-refractivity contribution is 0.0981. The van der Waals surface area contributed by atoms with E-state index in [1.165, 1.54) is 0 Å². The lowest BCUT2D eigenvalue weighted by atomic mass is 10.1. The molecule has 6 rings (SSSR count). The van der Waals surface area contributed by atoms with Crippen LogP contribution in [0.25, 0.3) is 27.8 Å². The average Bonchev–Trinajstić information content (AvgIpc) is 3.39. The molecule has 1 aliphatic heterocycles. The maximum atomic E-state index is 12.3. The van der Waals surface area contributed by atoms with Gasteiger partial charge in [0.25, 0.3) is 5.91 Å². The highest BCUT2D eigenvalue weighted by Gasteiger charge is 2.20. The largest absolute Gasteiger partial charge is 0.378 e. The van der Waals surface area contributed by atoms with Crippen LogP contribution in [0.1, 0.15) is 21.7 Å². The van der Waals surface area contributed by atoms with Crippen LogP contribution in [0.5, 0.6) is 0 Å². The van der Waals surface area contributed by atoms with E-state index >= 15 is 0 Å². The topological polar surface area (TPSA) is 119 Å². The lowest BCUT2D eigenvalue weighted by Crippen LogP contribution is -2.37. The number of sulfonamides is 1. The molecule has 204 valence electrons. The molecular weight excluding hydrogens is 528 g/mol. The number of nitrogens with one attached hydrogen (secondary N) is 1. The van der Waals surface area contributed by atoms with Crippen molar-refractivity contribution in [3.05, 3.63) is 90.0 Å². The number of hydrogen-bond donors (Lipinski definition) is 1. The minimum absolute atomic E-state index is 0.248. The summed E-state index contributed by atoms with van der Waals surface area (Å²) >= 11 is 0. The Hall–Kier alpha value is -4.35. The van der Waals surface area contributed by atoms with E-state index in [0.29, 0.717) is 19.6 Å². The first-order valence-electron chi connectivity index (χ1n) is 13.0. The molecule has 0 saturated carbocycles. The summed E-state index contributed by atoms with van der Waals surface area (Å²) in [5, 5.41) is 1.12. The van der Waals surface area contributed by atoms with Gasteiger partial charge in [-0.2, -0.15) is 0 Å². The number of aryl methyl sites for hydroxylation is 2. The molecule has 3 aromatic heterocycles. The standard InChI is InChI=1S/C29H28N6O4S/c1-40(37,38)33-29(36)22-8-6-21(7-9-22)26-18-30-27(34-14-16-39-17-15-34)28-32-24(19-35(26)28)13-12-23-11-10-20-4-2-3-5-25(20)31-23/h2-11,18-19H,12-17H2,1H3,(H,33,36). The second kappa shape index (κ2) is 10.7. The monoisotopic (exact) mass is 556 g/mol. The zero-order valence-corrected chi connectivity index (χ0v) is 22.8. The maximum Gasteiger partial charge on any atom is 0.264 e. The van der Waals surface area contributed by atoms with Gasteiger partial charge in [-0.1, -0.05) is 36.4 Å². The number of morpholine rings is 1. The van der Waals surface area contributed by atoms with Gasteiger partial charge >= 0.3 is 0 Å². The summed E-state index contributed by atoms with van der Waals surface area (Å²) < 4.78 is 32.5. The zero-order chi connectivity index (χ0) is 27.7. The molecule has 2 aromatic carbocycles. The Morgan fingerprint density at radius 1 is 0.950 bits per heavy atom. The number of nitrogens with zero attached hydrogens (tertiary/aromatic N) is 5. The Kier molecular flexibility index (Phi) is 6.91. The van der Waals surface area contributed by atoms with Gasteiger partial charge in [0, 0.05) is 41.5 Å². The molecule has 4 heterocycles. The fraction of sp³-hybridized carbons (Fsp3) is 0.241. The Morgan fingerprint density at radius 2 is 1.70 bits per heavy atom. The smallest absolute Gasteiger partial charge is 0.264 e. The molecule has 1 fully saturated rings. The summed E-state index contributed by atoms with van der Waals surface area (Å²) in [4.78, 5) is 29.0. The van der Waals surface area contributed by atoms with Crippen LogP contribution < -0.4 is 9.62 Å². The highest BCUT2D eigenvalue weighted by molar-refractivity contribution is 7.89. The minimum Gasteiger partial charge on any atom is -0.378 e. The van der Waals surface area contributed by atoms with Gasteiger partial charge in [-0.25, -0.2) is 23.1 Å². The van der Waals surface area contributed by atoms with Crippen LogP contribution in [0.4, 0.5) is 5.82 Å².